The third-order valence-corrected chi connectivity index (χ3v) is 1.44. The summed E-state index contributed by atoms with van der Waals surface area (Å²) in [6.45, 7) is 1.96. The molecule has 0 aliphatic heterocycles. The Labute approximate surface area is 67.0 Å². The zero-order valence-corrected chi connectivity index (χ0v) is 6.29. The van der Waals surface area contributed by atoms with Gasteiger partial charge in [0.1, 0.15) is 0 Å². The predicted octanol–water partition coefficient (Wildman–Crippen LogP) is 0.808. The molecule has 0 bridgehead atoms. The number of rotatable bonds is 1. The van der Waals surface area contributed by atoms with Crippen molar-refractivity contribution in [2.45, 2.75) is 6.92 Å². The van der Waals surface area contributed by atoms with Gasteiger partial charge in [0, 0.05) is 5.56 Å². The summed E-state index contributed by atoms with van der Waals surface area (Å²) >= 11 is 0. The molecule has 2 nitrogen and oxygen atoms in total. The van der Waals surface area contributed by atoms with Gasteiger partial charge in [0.2, 0.25) is 13.9 Å². The predicted molar refractivity (Wildman–Crippen MR) is 44.4 cm³/mol. The molecule has 1 N–H and O–H groups in total. The molecule has 3 heteroatoms. The molecule has 0 aliphatic carbocycles. The van der Waals surface area contributed by atoms with Crippen LogP contribution >= 0.6 is 0 Å². The Morgan fingerprint density at radius 3 is 2.36 bits per heavy atom. The van der Waals surface area contributed by atoms with Gasteiger partial charge in [-0.05, 0) is 19.1 Å². The van der Waals surface area contributed by atoms with Gasteiger partial charge in [-0.2, -0.15) is 0 Å². The van der Waals surface area contributed by atoms with Crippen LogP contribution in [0.15, 0.2) is 24.3 Å². The number of carbonyl (C=O) groups is 1. The topological polar surface area (TPSA) is 29.1 Å². The monoisotopic (exact) mass is 145 g/mol. The quantitative estimate of drug-likeness (QED) is 0.582. The lowest BCUT2D eigenvalue weighted by Gasteiger charge is -1.98. The minimum Gasteiger partial charge on any atom is -0.405 e. The van der Waals surface area contributed by atoms with Gasteiger partial charge in [0.05, 0.1) is 0 Å². The van der Waals surface area contributed by atoms with Crippen LogP contribution in [0.25, 0.3) is 0 Å². The molecule has 2 radical (unpaired) electrons. The van der Waals surface area contributed by atoms with Crippen LogP contribution in [0.2, 0.25) is 0 Å². The highest BCUT2D eigenvalue weighted by molar-refractivity contribution is 6.18. The summed E-state index contributed by atoms with van der Waals surface area (Å²) in [6.07, 6.45) is 0. The van der Waals surface area contributed by atoms with Gasteiger partial charge in [-0.25, -0.2) is 0 Å². The Morgan fingerprint density at radius 1 is 1.36 bits per heavy atom. The first kappa shape index (κ1) is 7.86. The van der Waals surface area contributed by atoms with E-state index in [1.165, 1.54) is 0 Å². The van der Waals surface area contributed by atoms with Crippen molar-refractivity contribution in [2.75, 3.05) is 0 Å². The zero-order valence-electron chi connectivity index (χ0n) is 6.29. The summed E-state index contributed by atoms with van der Waals surface area (Å²) in [5.74, 6) is -0.259. The Bertz CT molecular complexity index is 255. The molecule has 0 spiro atoms. The second-order valence-corrected chi connectivity index (χ2v) is 2.34. The van der Waals surface area contributed by atoms with Gasteiger partial charge in [-0.3, -0.25) is 4.79 Å². The molecule has 0 atom stereocenters. The van der Waals surface area contributed by atoms with Gasteiger partial charge in [-0.15, -0.1) is 0 Å². The van der Waals surface area contributed by atoms with Crippen molar-refractivity contribution in [3.8, 4) is 0 Å². The normalized spacial score (nSPS) is 9.18. The summed E-state index contributed by atoms with van der Waals surface area (Å²) < 4.78 is 0. The van der Waals surface area contributed by atoms with Crippen molar-refractivity contribution < 1.29 is 4.79 Å². The number of benzene rings is 1. The van der Waals surface area contributed by atoms with Gasteiger partial charge < -0.3 is 5.23 Å². The molecular formula is C8H8BNO. The molecule has 0 heterocycles. The molecule has 0 unspecified atom stereocenters. The molecule has 54 valence electrons. The van der Waals surface area contributed by atoms with Crippen LogP contribution in [0.4, 0.5) is 0 Å². The molecule has 1 aromatic carbocycles. The van der Waals surface area contributed by atoms with E-state index >= 15 is 0 Å². The second kappa shape index (κ2) is 3.24. The maximum Gasteiger partial charge on any atom is 0.238 e. The maximum absolute atomic E-state index is 10.9. The maximum atomic E-state index is 10.9. The van der Waals surface area contributed by atoms with E-state index in [1.54, 1.807) is 12.1 Å². The van der Waals surface area contributed by atoms with Crippen molar-refractivity contribution >= 4 is 13.9 Å². The van der Waals surface area contributed by atoms with Gasteiger partial charge in [0.15, 0.2) is 0 Å². The average Bonchev–Trinajstić information content (AvgIpc) is 2.05. The summed E-state index contributed by atoms with van der Waals surface area (Å²) in [7, 11) is 4.94. The molecule has 0 saturated carbocycles. The van der Waals surface area contributed by atoms with Crippen LogP contribution in [0.5, 0.6) is 0 Å². The Kier molecular flexibility index (Phi) is 2.31. The van der Waals surface area contributed by atoms with E-state index in [-0.39, 0.29) is 5.91 Å². The van der Waals surface area contributed by atoms with Gasteiger partial charge in [0.25, 0.3) is 0 Å². The lowest BCUT2D eigenvalue weighted by molar-refractivity contribution is 0.0981. The van der Waals surface area contributed by atoms with E-state index in [1.807, 2.05) is 19.1 Å². The number of nitrogens with one attached hydrogen (secondary N) is 1. The van der Waals surface area contributed by atoms with Crippen LogP contribution < -0.4 is 5.23 Å². The van der Waals surface area contributed by atoms with Crippen LogP contribution in [0, 0.1) is 6.92 Å². The van der Waals surface area contributed by atoms with Gasteiger partial charge in [-0.1, -0.05) is 17.7 Å². The van der Waals surface area contributed by atoms with E-state index in [4.69, 9.17) is 7.98 Å². The summed E-state index contributed by atoms with van der Waals surface area (Å²) in [6, 6.07) is 7.20. The number of amides is 1. The van der Waals surface area contributed by atoms with E-state index < -0.39 is 0 Å². The molecule has 1 amide bonds. The zero-order chi connectivity index (χ0) is 8.27. The fraction of sp³-hybridized carbons (Fsp3) is 0.125. The van der Waals surface area contributed by atoms with Crippen LogP contribution in [0.3, 0.4) is 0 Å². The minimum atomic E-state index is -0.259. The van der Waals surface area contributed by atoms with E-state index in [0.717, 1.165) is 5.56 Å². The third kappa shape index (κ3) is 1.83. The molecule has 0 fully saturated rings. The smallest absolute Gasteiger partial charge is 0.238 e. The molecule has 1 rings (SSSR count). The molecule has 1 aromatic rings. The summed E-state index contributed by atoms with van der Waals surface area (Å²) in [5.41, 5.74) is 1.71. The fourth-order valence-corrected chi connectivity index (χ4v) is 0.788. The van der Waals surface area contributed by atoms with Crippen LogP contribution in [-0.4, -0.2) is 13.9 Å². The number of hydrogen-bond donors (Lipinski definition) is 1. The number of carbonyl (C=O) groups excluding carboxylic acids is 1. The Hall–Kier alpha value is -1.25. The summed E-state index contributed by atoms with van der Waals surface area (Å²) in [5, 5.41) is 2.06. The highest BCUT2D eigenvalue weighted by atomic mass is 16.1. The fourth-order valence-electron chi connectivity index (χ4n) is 0.788. The molecule has 0 saturated heterocycles. The number of aryl methyl sites for hydroxylation is 1. The number of hydrogen-bond acceptors (Lipinski definition) is 1. The third-order valence-electron chi connectivity index (χ3n) is 1.44. The van der Waals surface area contributed by atoms with Crippen LogP contribution in [0.1, 0.15) is 15.9 Å². The first-order chi connectivity index (χ1) is 5.24. The average molecular weight is 145 g/mol. The van der Waals surface area contributed by atoms with E-state index in [9.17, 15) is 4.79 Å². The molecule has 11 heavy (non-hydrogen) atoms. The van der Waals surface area contributed by atoms with Crippen molar-refractivity contribution in [3.05, 3.63) is 35.4 Å². The lowest BCUT2D eigenvalue weighted by Crippen LogP contribution is -2.19. The van der Waals surface area contributed by atoms with Gasteiger partial charge >= 0.3 is 0 Å². The van der Waals surface area contributed by atoms with E-state index in [2.05, 4.69) is 5.23 Å². The molecule has 0 aromatic heterocycles. The first-order valence-electron chi connectivity index (χ1n) is 3.31. The second-order valence-electron chi connectivity index (χ2n) is 2.34. The van der Waals surface area contributed by atoms with Crippen molar-refractivity contribution in [1.29, 1.82) is 0 Å². The Morgan fingerprint density at radius 2 is 1.91 bits per heavy atom. The minimum absolute atomic E-state index is 0.259. The van der Waals surface area contributed by atoms with E-state index in [0.29, 0.717) is 5.56 Å². The highest BCUT2D eigenvalue weighted by Gasteiger charge is 1.99. The van der Waals surface area contributed by atoms with Crippen LogP contribution in [-0.2, 0) is 0 Å². The molecular weight excluding hydrogens is 137 g/mol. The van der Waals surface area contributed by atoms with Crippen molar-refractivity contribution in [1.82, 2.24) is 5.23 Å². The highest BCUT2D eigenvalue weighted by Crippen LogP contribution is 2.01. The SMILES string of the molecule is [B]NC(=O)c1ccc(C)cc1. The molecule has 0 aliphatic rings. The Balaban J connectivity index is 2.90. The lowest BCUT2D eigenvalue weighted by atomic mass is 10.1. The van der Waals surface area contributed by atoms with Crippen molar-refractivity contribution in [3.63, 3.8) is 0 Å². The summed E-state index contributed by atoms with van der Waals surface area (Å²) in [4.78, 5) is 10.9. The standard InChI is InChI=1S/C8H8BNO/c1-6-2-4-7(5-3-6)8(11)10-9/h2-5H,1H3,(H,10,11). The van der Waals surface area contributed by atoms with Crippen molar-refractivity contribution in [2.24, 2.45) is 0 Å². The largest absolute Gasteiger partial charge is 0.405 e. The first-order valence-corrected chi connectivity index (χ1v) is 3.31.